The lowest BCUT2D eigenvalue weighted by Gasteiger charge is -2.17. The van der Waals surface area contributed by atoms with Gasteiger partial charge in [0.25, 0.3) is 5.91 Å². The van der Waals surface area contributed by atoms with Gasteiger partial charge in [0.05, 0.1) is 36.5 Å². The number of ether oxygens (including phenoxy) is 2. The number of para-hydroxylation sites is 1. The summed E-state index contributed by atoms with van der Waals surface area (Å²) in [7, 11) is 4.88. The number of nitrogens with zero attached hydrogens (tertiary/aromatic N) is 2. The van der Waals surface area contributed by atoms with Gasteiger partial charge in [0.2, 0.25) is 0 Å². The van der Waals surface area contributed by atoms with Crippen LogP contribution in [0.5, 0.6) is 11.5 Å². The van der Waals surface area contributed by atoms with Crippen LogP contribution in [0.25, 0.3) is 10.2 Å². The molecule has 0 radical (unpaired) electrons. The van der Waals surface area contributed by atoms with Gasteiger partial charge in [-0.15, -0.1) is 11.3 Å². The highest BCUT2D eigenvalue weighted by Gasteiger charge is 2.18. The van der Waals surface area contributed by atoms with E-state index in [9.17, 15) is 4.79 Å². The Bertz CT molecular complexity index is 843. The van der Waals surface area contributed by atoms with E-state index >= 15 is 0 Å². The Morgan fingerprint density at radius 1 is 1.17 bits per heavy atom. The summed E-state index contributed by atoms with van der Waals surface area (Å²) in [5.74, 6) is 1.03. The number of carbonyl (C=O) groups excluding carboxylic acids is 1. The first kappa shape index (κ1) is 16.3. The molecule has 0 aliphatic heterocycles. The maximum absolute atomic E-state index is 12.7. The molecule has 0 atom stereocenters. The summed E-state index contributed by atoms with van der Waals surface area (Å²) in [4.78, 5) is 18.9. The van der Waals surface area contributed by atoms with Gasteiger partial charge in [0.1, 0.15) is 16.5 Å². The van der Waals surface area contributed by atoms with Gasteiger partial charge in [-0.3, -0.25) is 4.79 Å². The summed E-state index contributed by atoms with van der Waals surface area (Å²) < 4.78 is 11.6. The molecule has 3 aromatic rings. The molecule has 0 N–H and O–H groups in total. The monoisotopic (exact) mass is 342 g/mol. The van der Waals surface area contributed by atoms with Crippen molar-refractivity contribution in [3.05, 3.63) is 53.0 Å². The number of amides is 1. The van der Waals surface area contributed by atoms with E-state index in [1.165, 1.54) is 0 Å². The predicted molar refractivity (Wildman–Crippen MR) is 95.0 cm³/mol. The molecule has 2 aromatic carbocycles. The third-order valence-electron chi connectivity index (χ3n) is 3.70. The van der Waals surface area contributed by atoms with Crippen molar-refractivity contribution in [1.82, 2.24) is 9.88 Å². The standard InChI is InChI=1S/C18H18N2O3S/c1-20(11-17-19-14-6-4-5-7-16(14)24-17)18(21)13-9-8-12(22-2)10-15(13)23-3/h4-10H,11H2,1-3H3. The number of thiazole rings is 1. The largest absolute Gasteiger partial charge is 0.497 e. The lowest BCUT2D eigenvalue weighted by Crippen LogP contribution is -2.26. The highest BCUT2D eigenvalue weighted by molar-refractivity contribution is 7.18. The molecule has 0 unspecified atom stereocenters. The van der Waals surface area contributed by atoms with Crippen LogP contribution in [0.2, 0.25) is 0 Å². The molecule has 0 bridgehead atoms. The third-order valence-corrected chi connectivity index (χ3v) is 4.72. The molecule has 1 heterocycles. The van der Waals surface area contributed by atoms with E-state index in [2.05, 4.69) is 4.98 Å². The summed E-state index contributed by atoms with van der Waals surface area (Å²) in [6, 6.07) is 13.1. The van der Waals surface area contributed by atoms with Crippen molar-refractivity contribution in [3.63, 3.8) is 0 Å². The molecule has 0 saturated carbocycles. The van der Waals surface area contributed by atoms with Gasteiger partial charge in [-0.2, -0.15) is 0 Å². The molecule has 1 aromatic heterocycles. The molecule has 24 heavy (non-hydrogen) atoms. The van der Waals surface area contributed by atoms with E-state index < -0.39 is 0 Å². The van der Waals surface area contributed by atoms with Crippen LogP contribution in [0.1, 0.15) is 15.4 Å². The SMILES string of the molecule is COc1ccc(C(=O)N(C)Cc2nc3ccccc3s2)c(OC)c1. The zero-order valence-corrected chi connectivity index (χ0v) is 14.6. The van der Waals surface area contributed by atoms with Gasteiger partial charge >= 0.3 is 0 Å². The average molecular weight is 342 g/mol. The average Bonchev–Trinajstić information content (AvgIpc) is 3.02. The van der Waals surface area contributed by atoms with Crippen molar-refractivity contribution in [2.45, 2.75) is 6.54 Å². The Labute approximate surface area is 144 Å². The lowest BCUT2D eigenvalue weighted by atomic mass is 10.1. The summed E-state index contributed by atoms with van der Waals surface area (Å²) in [6.07, 6.45) is 0. The quantitative estimate of drug-likeness (QED) is 0.711. The second-order valence-corrected chi connectivity index (χ2v) is 6.42. The minimum Gasteiger partial charge on any atom is -0.497 e. The number of rotatable bonds is 5. The molecular formula is C18H18N2O3S. The molecular weight excluding hydrogens is 324 g/mol. The highest BCUT2D eigenvalue weighted by Crippen LogP contribution is 2.27. The van der Waals surface area contributed by atoms with Gasteiger partial charge in [0, 0.05) is 13.1 Å². The van der Waals surface area contributed by atoms with Gasteiger partial charge in [-0.1, -0.05) is 12.1 Å². The molecule has 0 saturated heterocycles. The molecule has 3 rings (SSSR count). The van der Waals surface area contributed by atoms with E-state index in [4.69, 9.17) is 9.47 Å². The Balaban J connectivity index is 1.81. The first-order valence-corrected chi connectivity index (χ1v) is 8.26. The second-order valence-electron chi connectivity index (χ2n) is 5.30. The van der Waals surface area contributed by atoms with Crippen molar-refractivity contribution in [2.75, 3.05) is 21.3 Å². The molecule has 0 fully saturated rings. The minimum atomic E-state index is -0.117. The summed E-state index contributed by atoms with van der Waals surface area (Å²) in [5.41, 5.74) is 1.46. The van der Waals surface area contributed by atoms with E-state index in [0.29, 0.717) is 23.6 Å². The number of benzene rings is 2. The normalized spacial score (nSPS) is 10.6. The fraction of sp³-hybridized carbons (Fsp3) is 0.222. The van der Waals surface area contributed by atoms with Crippen molar-refractivity contribution in [2.24, 2.45) is 0 Å². The van der Waals surface area contributed by atoms with Crippen LogP contribution in [0.4, 0.5) is 0 Å². The topological polar surface area (TPSA) is 51.7 Å². The number of carbonyl (C=O) groups is 1. The first-order chi connectivity index (χ1) is 11.6. The second kappa shape index (κ2) is 6.88. The van der Waals surface area contributed by atoms with Crippen LogP contribution in [0.3, 0.4) is 0 Å². The van der Waals surface area contributed by atoms with E-state index in [-0.39, 0.29) is 5.91 Å². The fourth-order valence-corrected chi connectivity index (χ4v) is 3.46. The van der Waals surface area contributed by atoms with Crippen molar-refractivity contribution in [3.8, 4) is 11.5 Å². The smallest absolute Gasteiger partial charge is 0.257 e. The maximum atomic E-state index is 12.7. The summed E-state index contributed by atoms with van der Waals surface area (Å²) in [5, 5.41) is 0.902. The Hall–Kier alpha value is -2.60. The number of methoxy groups -OCH3 is 2. The molecule has 124 valence electrons. The van der Waals surface area contributed by atoms with Crippen LogP contribution in [-0.2, 0) is 6.54 Å². The zero-order valence-electron chi connectivity index (χ0n) is 13.8. The zero-order chi connectivity index (χ0) is 17.1. The molecule has 0 aliphatic carbocycles. The predicted octanol–water partition coefficient (Wildman–Crippen LogP) is 3.59. The van der Waals surface area contributed by atoms with E-state index in [1.807, 2.05) is 24.3 Å². The first-order valence-electron chi connectivity index (χ1n) is 7.44. The van der Waals surface area contributed by atoms with Gasteiger partial charge < -0.3 is 14.4 Å². The van der Waals surface area contributed by atoms with Gasteiger partial charge in [-0.25, -0.2) is 4.98 Å². The molecule has 0 spiro atoms. The van der Waals surface area contributed by atoms with Crippen LogP contribution in [-0.4, -0.2) is 37.1 Å². The minimum absolute atomic E-state index is 0.117. The number of aromatic nitrogens is 1. The molecule has 0 aliphatic rings. The number of hydrogen-bond acceptors (Lipinski definition) is 5. The van der Waals surface area contributed by atoms with Gasteiger partial charge in [0.15, 0.2) is 0 Å². The Kier molecular flexibility index (Phi) is 4.66. The number of fused-ring (bicyclic) bond motifs is 1. The van der Waals surface area contributed by atoms with Crippen LogP contribution < -0.4 is 9.47 Å². The molecule has 6 heteroatoms. The fourth-order valence-electron chi connectivity index (χ4n) is 2.44. The van der Waals surface area contributed by atoms with Gasteiger partial charge in [-0.05, 0) is 24.3 Å². The highest BCUT2D eigenvalue weighted by atomic mass is 32.1. The van der Waals surface area contributed by atoms with E-state index in [0.717, 1.165) is 15.2 Å². The summed E-state index contributed by atoms with van der Waals surface area (Å²) in [6.45, 7) is 0.452. The third kappa shape index (κ3) is 3.19. The number of hydrogen-bond donors (Lipinski definition) is 0. The molecule has 1 amide bonds. The summed E-state index contributed by atoms with van der Waals surface area (Å²) >= 11 is 1.60. The van der Waals surface area contributed by atoms with E-state index in [1.54, 1.807) is 55.7 Å². The van der Waals surface area contributed by atoms with Crippen LogP contribution >= 0.6 is 11.3 Å². The van der Waals surface area contributed by atoms with Crippen LogP contribution in [0, 0.1) is 0 Å². The Morgan fingerprint density at radius 2 is 1.96 bits per heavy atom. The lowest BCUT2D eigenvalue weighted by molar-refractivity contribution is 0.0781. The van der Waals surface area contributed by atoms with Crippen molar-refractivity contribution >= 4 is 27.5 Å². The molecule has 5 nitrogen and oxygen atoms in total. The Morgan fingerprint density at radius 3 is 2.67 bits per heavy atom. The maximum Gasteiger partial charge on any atom is 0.257 e. The van der Waals surface area contributed by atoms with Crippen molar-refractivity contribution in [1.29, 1.82) is 0 Å². The van der Waals surface area contributed by atoms with Crippen LogP contribution in [0.15, 0.2) is 42.5 Å². The van der Waals surface area contributed by atoms with Crippen molar-refractivity contribution < 1.29 is 14.3 Å².